The van der Waals surface area contributed by atoms with Gasteiger partial charge in [-0.1, -0.05) is 104 Å². The molecule has 1 aromatic heterocycles. The van der Waals surface area contributed by atoms with E-state index in [-0.39, 0.29) is 11.5 Å². The second kappa shape index (κ2) is 18.3. The number of aryl methyl sites for hydroxylation is 1. The zero-order valence-corrected chi connectivity index (χ0v) is 32.6. The maximum atomic E-state index is 14.5. The molecule has 2 unspecified atom stereocenters. The maximum absolute atomic E-state index is 14.5. The predicted molar refractivity (Wildman–Crippen MR) is 215 cm³/mol. The number of hydrogen-bond donors (Lipinski definition) is 2. The van der Waals surface area contributed by atoms with Crippen LogP contribution < -0.4 is 11.1 Å². The van der Waals surface area contributed by atoms with Crippen LogP contribution in [-0.2, 0) is 13.1 Å². The Labute approximate surface area is 304 Å². The van der Waals surface area contributed by atoms with Crippen LogP contribution in [0.3, 0.4) is 0 Å². The Morgan fingerprint density at radius 3 is 2.38 bits per heavy atom. The van der Waals surface area contributed by atoms with E-state index in [4.69, 9.17) is 10.7 Å². The summed E-state index contributed by atoms with van der Waals surface area (Å²) in [6, 6.07) is 17.7. The summed E-state index contributed by atoms with van der Waals surface area (Å²) >= 11 is 0. The van der Waals surface area contributed by atoms with E-state index in [9.17, 15) is 4.39 Å². The minimum Gasteiger partial charge on any atom is -0.386 e. The fourth-order valence-corrected chi connectivity index (χ4v) is 7.82. The van der Waals surface area contributed by atoms with Crippen LogP contribution in [0.4, 0.5) is 4.39 Å². The number of halogens is 1. The lowest BCUT2D eigenvalue weighted by Gasteiger charge is -2.28. The quantitative estimate of drug-likeness (QED) is 0.132. The lowest BCUT2D eigenvalue weighted by Crippen LogP contribution is -2.34. The zero-order valence-electron chi connectivity index (χ0n) is 32.6. The van der Waals surface area contributed by atoms with Gasteiger partial charge in [0.15, 0.2) is 0 Å². The Morgan fingerprint density at radius 1 is 1.00 bits per heavy atom. The predicted octanol–water partition coefficient (Wildman–Crippen LogP) is 12.4. The van der Waals surface area contributed by atoms with Crippen molar-refractivity contribution in [3.63, 3.8) is 0 Å². The highest BCUT2D eigenvalue weighted by molar-refractivity contribution is 5.92. The van der Waals surface area contributed by atoms with Gasteiger partial charge in [0.1, 0.15) is 6.67 Å². The highest BCUT2D eigenvalue weighted by Gasteiger charge is 2.26. The van der Waals surface area contributed by atoms with Crippen molar-refractivity contribution in [1.82, 2.24) is 10.3 Å². The smallest absolute Gasteiger partial charge is 0.115 e. The Hall–Kier alpha value is -3.24. The second-order valence-corrected chi connectivity index (χ2v) is 16.3. The number of pyridine rings is 1. The Kier molecular flexibility index (Phi) is 14.5. The summed E-state index contributed by atoms with van der Waals surface area (Å²) in [4.78, 5) is 4.82. The van der Waals surface area contributed by atoms with Crippen LogP contribution in [0.1, 0.15) is 146 Å². The summed E-state index contributed by atoms with van der Waals surface area (Å²) in [5.41, 5.74) is 18.8. The van der Waals surface area contributed by atoms with Gasteiger partial charge in [0.05, 0.1) is 5.69 Å². The van der Waals surface area contributed by atoms with Crippen LogP contribution in [0.15, 0.2) is 67.0 Å². The van der Waals surface area contributed by atoms with Crippen molar-refractivity contribution in [3.8, 4) is 11.1 Å². The number of nitrogens with two attached hydrogens (primary N) is 1. The van der Waals surface area contributed by atoms with Gasteiger partial charge in [-0.05, 0) is 150 Å². The first kappa shape index (κ1) is 39.5. The third-order valence-corrected chi connectivity index (χ3v) is 11.5. The summed E-state index contributed by atoms with van der Waals surface area (Å²) in [7, 11) is 0. The van der Waals surface area contributed by atoms with Gasteiger partial charge in [-0.15, -0.1) is 0 Å². The van der Waals surface area contributed by atoms with Crippen molar-refractivity contribution < 1.29 is 4.39 Å². The summed E-state index contributed by atoms with van der Waals surface area (Å²) in [5, 5.41) is 3.86. The summed E-state index contributed by atoms with van der Waals surface area (Å²) in [5.74, 6) is 1.50. The molecule has 1 aliphatic rings. The van der Waals surface area contributed by atoms with E-state index < -0.39 is 6.67 Å². The topological polar surface area (TPSA) is 50.9 Å². The molecule has 0 saturated heterocycles. The first-order valence-electron chi connectivity index (χ1n) is 19.5. The molecule has 4 heteroatoms. The van der Waals surface area contributed by atoms with Crippen molar-refractivity contribution in [3.05, 3.63) is 101 Å². The third-order valence-electron chi connectivity index (χ3n) is 11.5. The van der Waals surface area contributed by atoms with Crippen molar-refractivity contribution in [1.29, 1.82) is 0 Å². The van der Waals surface area contributed by atoms with Crippen molar-refractivity contribution in [2.75, 3.05) is 6.54 Å². The molecule has 50 heavy (non-hydrogen) atoms. The first-order chi connectivity index (χ1) is 23.9. The highest BCUT2D eigenvalue weighted by atomic mass is 19.1. The van der Waals surface area contributed by atoms with Crippen LogP contribution in [-0.4, -0.2) is 17.6 Å². The van der Waals surface area contributed by atoms with Crippen LogP contribution in [0, 0.1) is 24.2 Å². The van der Waals surface area contributed by atoms with E-state index in [1.165, 1.54) is 59.1 Å². The number of unbranched alkanes of at least 4 members (excludes halogenated alkanes) is 1. The van der Waals surface area contributed by atoms with Crippen molar-refractivity contribution in [2.24, 2.45) is 23.0 Å². The molecule has 2 aromatic carbocycles. The second-order valence-electron chi connectivity index (χ2n) is 16.3. The van der Waals surface area contributed by atoms with Gasteiger partial charge >= 0.3 is 0 Å². The zero-order chi connectivity index (χ0) is 36.4. The van der Waals surface area contributed by atoms with E-state index in [1.807, 2.05) is 12.3 Å². The Balaban J connectivity index is 1.75. The van der Waals surface area contributed by atoms with Gasteiger partial charge in [0, 0.05) is 17.9 Å². The fraction of sp³-hybridized carbons (Fsp3) is 0.543. The van der Waals surface area contributed by atoms with Crippen molar-refractivity contribution in [2.45, 2.75) is 138 Å². The number of rotatable bonds is 18. The highest BCUT2D eigenvalue weighted by Crippen LogP contribution is 2.42. The normalized spacial score (nSPS) is 15.7. The minimum atomic E-state index is -0.482. The molecule has 1 heterocycles. The molecule has 1 fully saturated rings. The van der Waals surface area contributed by atoms with Gasteiger partial charge in [0.2, 0.25) is 0 Å². The van der Waals surface area contributed by atoms with Gasteiger partial charge in [0.25, 0.3) is 0 Å². The lowest BCUT2D eigenvalue weighted by molar-refractivity contribution is 0.362. The molecule has 2 atom stereocenters. The molecule has 1 aliphatic carbocycles. The van der Waals surface area contributed by atoms with Crippen LogP contribution >= 0.6 is 0 Å². The van der Waals surface area contributed by atoms with Gasteiger partial charge in [-0.25, -0.2) is 4.39 Å². The first-order valence-corrected chi connectivity index (χ1v) is 19.5. The molecule has 0 radical (unpaired) electrons. The molecule has 3 N–H and O–H groups in total. The standard InChI is InChI=1S/C46H66FN3/c1-10-46(8,9)29-44(34(6)42-19-15-23-49-45(42)31(2)3)43-28-39(21-20-32(43)4)40-25-36(24-37(26-40)30-47)27-41(18-13-14-22-48)50-35(7)33(5)38-16-11-12-17-38/h15,19-21,23-26,28,31,33,38,41,50H,7,10-14,16-18,22,27,29-30,48H2,1-6,8-9H3/b44-34+. The molecule has 4 rings (SSSR count). The van der Waals surface area contributed by atoms with E-state index in [1.54, 1.807) is 0 Å². The largest absolute Gasteiger partial charge is 0.386 e. The Bertz CT molecular complexity index is 1590. The van der Waals surface area contributed by atoms with Gasteiger partial charge in [-0.2, -0.15) is 0 Å². The van der Waals surface area contributed by atoms with Crippen LogP contribution in [0.2, 0.25) is 0 Å². The average molecular weight is 680 g/mol. The monoisotopic (exact) mass is 680 g/mol. The van der Waals surface area contributed by atoms with Gasteiger partial charge < -0.3 is 11.1 Å². The molecular weight excluding hydrogens is 614 g/mol. The van der Waals surface area contributed by atoms with Crippen LogP contribution in [0.25, 0.3) is 22.3 Å². The fourth-order valence-electron chi connectivity index (χ4n) is 7.82. The molecule has 3 nitrogen and oxygen atoms in total. The lowest BCUT2D eigenvalue weighted by atomic mass is 9.77. The number of benzene rings is 2. The SMILES string of the molecule is C=C(NC(CCCCN)Cc1cc(CF)cc(-c2ccc(C)c(/C(CC(C)(C)CC)=C(\C)c3cccnc3C(C)C)c2)c1)C(C)C1CCCC1. The number of aromatic nitrogens is 1. The average Bonchev–Trinajstić information content (AvgIpc) is 3.65. The number of hydrogen-bond acceptors (Lipinski definition) is 3. The number of alkyl halides is 1. The third kappa shape index (κ3) is 10.4. The molecule has 1 saturated carbocycles. The van der Waals surface area contributed by atoms with Crippen molar-refractivity contribution >= 4 is 11.1 Å². The van der Waals surface area contributed by atoms with E-state index in [2.05, 4.69) is 110 Å². The van der Waals surface area contributed by atoms with E-state index >= 15 is 0 Å². The maximum Gasteiger partial charge on any atom is 0.115 e. The molecule has 0 aliphatic heterocycles. The molecule has 272 valence electrons. The van der Waals surface area contributed by atoms with E-state index in [0.29, 0.717) is 18.4 Å². The molecule has 0 spiro atoms. The number of nitrogens with one attached hydrogen (secondary N) is 1. The molecule has 0 amide bonds. The van der Waals surface area contributed by atoms with Gasteiger partial charge in [-0.3, -0.25) is 4.98 Å². The summed E-state index contributed by atoms with van der Waals surface area (Å²) < 4.78 is 14.5. The minimum absolute atomic E-state index is 0.131. The molecular formula is C46H66FN3. The Morgan fingerprint density at radius 2 is 1.72 bits per heavy atom. The molecule has 3 aromatic rings. The summed E-state index contributed by atoms with van der Waals surface area (Å²) in [6.45, 7) is 23.0. The number of allylic oxidation sites excluding steroid dienone is 3. The summed E-state index contributed by atoms with van der Waals surface area (Å²) in [6.07, 6.45) is 13.1. The molecule has 0 bridgehead atoms. The number of nitrogens with zero attached hydrogens (tertiary/aromatic N) is 1. The van der Waals surface area contributed by atoms with E-state index in [0.717, 1.165) is 72.5 Å². The van der Waals surface area contributed by atoms with Crippen LogP contribution in [0.5, 0.6) is 0 Å².